The van der Waals surface area contributed by atoms with Crippen LogP contribution in [0.25, 0.3) is 0 Å². The molecule has 3 nitrogen and oxygen atoms in total. The van der Waals surface area contributed by atoms with Crippen LogP contribution in [0, 0.1) is 16.0 Å². The van der Waals surface area contributed by atoms with Crippen molar-refractivity contribution in [3.05, 3.63) is 46.0 Å². The average Bonchev–Trinajstić information content (AvgIpc) is 2.93. The molecule has 2 aliphatic rings. The first-order valence-corrected chi connectivity index (χ1v) is 7.71. The molecule has 2 aliphatic carbocycles. The zero-order valence-electron chi connectivity index (χ0n) is 9.58. The molecule has 0 radical (unpaired) electrons. The second-order valence-electron chi connectivity index (χ2n) is 4.65. The third kappa shape index (κ3) is 1.99. The van der Waals surface area contributed by atoms with E-state index in [9.17, 15) is 10.1 Å². The molecule has 0 spiro atoms. The molecule has 3 unspecified atom stereocenters. The summed E-state index contributed by atoms with van der Waals surface area (Å²) in [6.07, 6.45) is 4.70. The highest BCUT2D eigenvalue weighted by molar-refractivity contribution is 9.09. The minimum absolute atomic E-state index is 0.213. The van der Waals surface area contributed by atoms with Crippen LogP contribution in [0.15, 0.2) is 40.8 Å². The minimum Gasteiger partial charge on any atom is -0.258 e. The molecule has 94 valence electrons. The number of fused-ring (bicyclic) bond motifs is 1. The number of alkyl halides is 1. The molecule has 3 rings (SSSR count). The second-order valence-corrected chi connectivity index (χ2v) is 6.89. The molecule has 2 bridgehead atoms. The summed E-state index contributed by atoms with van der Waals surface area (Å²) in [5.74, 6) is 0.611. The maximum atomic E-state index is 11.0. The third-order valence-corrected chi connectivity index (χ3v) is 6.58. The van der Waals surface area contributed by atoms with Crippen molar-refractivity contribution in [1.82, 2.24) is 0 Å². The van der Waals surface area contributed by atoms with E-state index in [1.807, 2.05) is 12.1 Å². The van der Waals surface area contributed by atoms with Gasteiger partial charge >= 0.3 is 0 Å². The van der Waals surface area contributed by atoms with Crippen LogP contribution in [0.1, 0.15) is 12.8 Å². The van der Waals surface area contributed by atoms with Crippen molar-refractivity contribution in [3.63, 3.8) is 0 Å². The molecular formula is C13H12BrNO2S. The fourth-order valence-corrected chi connectivity index (χ4v) is 5.13. The van der Waals surface area contributed by atoms with Crippen molar-refractivity contribution >= 4 is 33.4 Å². The molecule has 0 aromatic heterocycles. The van der Waals surface area contributed by atoms with E-state index in [0.29, 0.717) is 16.0 Å². The van der Waals surface area contributed by atoms with Crippen molar-refractivity contribution in [3.8, 4) is 0 Å². The molecule has 0 fully saturated rings. The Morgan fingerprint density at radius 1 is 1.39 bits per heavy atom. The van der Waals surface area contributed by atoms with Crippen LogP contribution in [-0.2, 0) is 0 Å². The van der Waals surface area contributed by atoms with E-state index in [2.05, 4.69) is 22.0 Å². The fraction of sp³-hybridized carbons (Fsp3) is 0.385. The number of rotatable bonds is 3. The Kier molecular flexibility index (Phi) is 3.20. The van der Waals surface area contributed by atoms with E-state index >= 15 is 0 Å². The first-order chi connectivity index (χ1) is 8.66. The van der Waals surface area contributed by atoms with Gasteiger partial charge in [-0.1, -0.05) is 39.7 Å². The molecule has 0 aliphatic heterocycles. The van der Waals surface area contributed by atoms with E-state index in [1.165, 1.54) is 12.0 Å². The summed E-state index contributed by atoms with van der Waals surface area (Å²) in [6.45, 7) is 0. The van der Waals surface area contributed by atoms with E-state index in [1.54, 1.807) is 23.9 Å². The van der Waals surface area contributed by atoms with Crippen molar-refractivity contribution < 1.29 is 4.92 Å². The minimum atomic E-state index is -0.298. The summed E-state index contributed by atoms with van der Waals surface area (Å²) in [5, 5.41) is 11.4. The Morgan fingerprint density at radius 2 is 2.17 bits per heavy atom. The van der Waals surface area contributed by atoms with Gasteiger partial charge in [0.1, 0.15) is 0 Å². The number of nitro groups is 1. The van der Waals surface area contributed by atoms with Gasteiger partial charge in [-0.2, -0.15) is 0 Å². The lowest BCUT2D eigenvalue weighted by atomic mass is 9.99. The monoisotopic (exact) mass is 325 g/mol. The lowest BCUT2D eigenvalue weighted by molar-refractivity contribution is -0.387. The smallest absolute Gasteiger partial charge is 0.258 e. The van der Waals surface area contributed by atoms with Gasteiger partial charge in [0.15, 0.2) is 0 Å². The lowest BCUT2D eigenvalue weighted by Crippen LogP contribution is -2.23. The zero-order chi connectivity index (χ0) is 12.7. The summed E-state index contributed by atoms with van der Waals surface area (Å²) in [5.41, 5.74) is 1.66. The molecule has 18 heavy (non-hydrogen) atoms. The van der Waals surface area contributed by atoms with Gasteiger partial charge in [-0.15, -0.1) is 11.8 Å². The molecule has 0 saturated heterocycles. The van der Waals surface area contributed by atoms with E-state index in [0.717, 1.165) is 11.3 Å². The van der Waals surface area contributed by atoms with Gasteiger partial charge in [0.2, 0.25) is 0 Å². The van der Waals surface area contributed by atoms with Gasteiger partial charge in [0.25, 0.3) is 5.69 Å². The summed E-state index contributed by atoms with van der Waals surface area (Å²) >= 11 is 5.36. The molecule has 1 aromatic carbocycles. The van der Waals surface area contributed by atoms with Gasteiger partial charge in [0.05, 0.1) is 9.82 Å². The van der Waals surface area contributed by atoms with Crippen LogP contribution in [0.2, 0.25) is 0 Å². The number of halogens is 1. The second kappa shape index (κ2) is 4.70. The number of para-hydroxylation sites is 1. The Balaban J connectivity index is 1.85. The molecular weight excluding hydrogens is 314 g/mol. The Labute approximate surface area is 118 Å². The lowest BCUT2D eigenvalue weighted by Gasteiger charge is -2.25. The number of allylic oxidation sites excluding steroid dienone is 1. The summed E-state index contributed by atoms with van der Waals surface area (Å²) in [6, 6.07) is 7.00. The van der Waals surface area contributed by atoms with Gasteiger partial charge in [-0.05, 0) is 24.8 Å². The normalized spacial score (nSPS) is 29.4. The van der Waals surface area contributed by atoms with Crippen LogP contribution < -0.4 is 0 Å². The van der Waals surface area contributed by atoms with Crippen LogP contribution in [0.5, 0.6) is 0 Å². The van der Waals surface area contributed by atoms with E-state index in [4.69, 9.17) is 0 Å². The molecule has 0 amide bonds. The van der Waals surface area contributed by atoms with Crippen molar-refractivity contribution in [2.24, 2.45) is 5.92 Å². The highest BCUT2D eigenvalue weighted by Gasteiger charge is 2.41. The molecule has 1 aromatic rings. The average molecular weight is 326 g/mol. The van der Waals surface area contributed by atoms with Crippen LogP contribution in [0.4, 0.5) is 5.69 Å². The number of thioether (sulfide) groups is 1. The van der Waals surface area contributed by atoms with Crippen molar-refractivity contribution in [1.29, 1.82) is 0 Å². The molecule has 5 heteroatoms. The predicted molar refractivity (Wildman–Crippen MR) is 76.3 cm³/mol. The van der Waals surface area contributed by atoms with Crippen LogP contribution in [-0.4, -0.2) is 15.0 Å². The highest BCUT2D eigenvalue weighted by Crippen LogP contribution is 2.50. The third-order valence-electron chi connectivity index (χ3n) is 3.57. The highest BCUT2D eigenvalue weighted by atomic mass is 79.9. The number of nitrogens with zero attached hydrogens (tertiary/aromatic N) is 1. The zero-order valence-corrected chi connectivity index (χ0v) is 12.0. The molecule has 3 atom stereocenters. The molecule has 0 heterocycles. The molecule has 0 N–H and O–H groups in total. The van der Waals surface area contributed by atoms with Gasteiger partial charge in [-0.3, -0.25) is 10.1 Å². The number of hydrogen-bond acceptors (Lipinski definition) is 3. The Morgan fingerprint density at radius 3 is 2.83 bits per heavy atom. The van der Waals surface area contributed by atoms with Crippen molar-refractivity contribution in [2.75, 3.05) is 0 Å². The first kappa shape index (κ1) is 12.2. The van der Waals surface area contributed by atoms with Crippen LogP contribution >= 0.6 is 27.7 Å². The van der Waals surface area contributed by atoms with Gasteiger partial charge in [-0.25, -0.2) is 0 Å². The Hall–Kier alpha value is -0.810. The maximum absolute atomic E-state index is 11.0. The summed E-state index contributed by atoms with van der Waals surface area (Å²) < 4.78 is 0. The van der Waals surface area contributed by atoms with E-state index in [-0.39, 0.29) is 10.6 Å². The van der Waals surface area contributed by atoms with Crippen molar-refractivity contribution in [2.45, 2.75) is 27.8 Å². The number of nitro benzene ring substituents is 1. The SMILES string of the molecule is O=[N+]([O-])c1ccccc1SC1C2=CC(CC2)C1Br. The fourth-order valence-electron chi connectivity index (χ4n) is 2.68. The summed E-state index contributed by atoms with van der Waals surface area (Å²) in [7, 11) is 0. The number of hydrogen-bond donors (Lipinski definition) is 0. The number of benzene rings is 1. The summed E-state index contributed by atoms with van der Waals surface area (Å²) in [4.78, 5) is 11.9. The molecule has 0 saturated carbocycles. The quantitative estimate of drug-likeness (QED) is 0.362. The predicted octanol–water partition coefficient (Wildman–Crippen LogP) is 4.17. The maximum Gasteiger partial charge on any atom is 0.282 e. The van der Waals surface area contributed by atoms with E-state index < -0.39 is 0 Å². The standard InChI is InChI=1S/C13H12BrNO2S/c14-12-8-5-6-9(7-8)13(12)18-11-4-2-1-3-10(11)15(16)17/h1-4,7-8,12-13H,5-6H2. The Bertz CT molecular complexity index is 531. The first-order valence-electron chi connectivity index (χ1n) is 5.91. The van der Waals surface area contributed by atoms with Gasteiger partial charge in [0, 0.05) is 16.1 Å². The van der Waals surface area contributed by atoms with Crippen LogP contribution in [0.3, 0.4) is 0 Å². The largest absolute Gasteiger partial charge is 0.282 e. The van der Waals surface area contributed by atoms with Gasteiger partial charge < -0.3 is 0 Å². The topological polar surface area (TPSA) is 43.1 Å².